The van der Waals surface area contributed by atoms with Crippen molar-refractivity contribution < 1.29 is 9.21 Å². The number of carbonyl (C=O) groups excluding carboxylic acids is 1. The number of pyridine rings is 1. The zero-order valence-electron chi connectivity index (χ0n) is 16.0. The molecule has 1 saturated heterocycles. The Morgan fingerprint density at radius 3 is 2.68 bits per heavy atom. The van der Waals surface area contributed by atoms with Crippen molar-refractivity contribution in [3.8, 4) is 11.1 Å². The highest BCUT2D eigenvalue weighted by atomic mass is 16.3. The van der Waals surface area contributed by atoms with Crippen LogP contribution in [-0.4, -0.2) is 49.0 Å². The first-order valence-corrected chi connectivity index (χ1v) is 9.50. The van der Waals surface area contributed by atoms with E-state index in [-0.39, 0.29) is 5.91 Å². The summed E-state index contributed by atoms with van der Waals surface area (Å²) in [6.07, 6.45) is 3.35. The smallest absolute Gasteiger partial charge is 0.287 e. The summed E-state index contributed by atoms with van der Waals surface area (Å²) in [7, 11) is 2.13. The van der Waals surface area contributed by atoms with Gasteiger partial charge in [-0.2, -0.15) is 0 Å². The average Bonchev–Trinajstić information content (AvgIpc) is 3.23. The molecule has 1 aliphatic rings. The third kappa shape index (κ3) is 4.07. The summed E-state index contributed by atoms with van der Waals surface area (Å²) in [6.45, 7) is 4.42. The lowest BCUT2D eigenvalue weighted by Crippen LogP contribution is -2.44. The number of nitrogens with zero attached hydrogens (tertiary/aromatic N) is 3. The molecule has 0 radical (unpaired) electrons. The molecule has 4 rings (SSSR count). The van der Waals surface area contributed by atoms with E-state index in [4.69, 9.17) is 4.42 Å². The maximum absolute atomic E-state index is 12.7. The van der Waals surface area contributed by atoms with E-state index in [1.807, 2.05) is 48.5 Å². The second kappa shape index (κ2) is 8.27. The van der Waals surface area contributed by atoms with Crippen molar-refractivity contribution >= 4 is 11.7 Å². The average molecular weight is 376 g/mol. The minimum Gasteiger partial charge on any atom is -0.459 e. The number of nitrogens with one attached hydrogen (secondary N) is 1. The normalized spacial score (nSPS) is 14.8. The van der Waals surface area contributed by atoms with E-state index < -0.39 is 0 Å². The Hall–Kier alpha value is -3.12. The van der Waals surface area contributed by atoms with Gasteiger partial charge in [0.2, 0.25) is 0 Å². The van der Waals surface area contributed by atoms with E-state index >= 15 is 0 Å². The first-order valence-electron chi connectivity index (χ1n) is 9.50. The van der Waals surface area contributed by atoms with Gasteiger partial charge in [0.1, 0.15) is 5.82 Å². The van der Waals surface area contributed by atoms with E-state index in [2.05, 4.69) is 27.1 Å². The fraction of sp³-hybridized carbons (Fsp3) is 0.273. The number of amides is 1. The fourth-order valence-electron chi connectivity index (χ4n) is 3.37. The van der Waals surface area contributed by atoms with E-state index in [1.54, 1.807) is 12.5 Å². The maximum atomic E-state index is 12.7. The first-order chi connectivity index (χ1) is 13.7. The Morgan fingerprint density at radius 1 is 1.11 bits per heavy atom. The zero-order chi connectivity index (χ0) is 19.3. The summed E-state index contributed by atoms with van der Waals surface area (Å²) in [4.78, 5) is 21.8. The van der Waals surface area contributed by atoms with Gasteiger partial charge in [0.25, 0.3) is 5.91 Å². The number of carbonyl (C=O) groups is 1. The quantitative estimate of drug-likeness (QED) is 0.742. The molecule has 0 spiro atoms. The van der Waals surface area contributed by atoms with Gasteiger partial charge in [0.15, 0.2) is 5.76 Å². The minimum atomic E-state index is -0.221. The lowest BCUT2D eigenvalue weighted by atomic mass is 10.1. The number of piperazine rings is 1. The van der Waals surface area contributed by atoms with Crippen LogP contribution in [0.4, 0.5) is 5.82 Å². The highest BCUT2D eigenvalue weighted by Gasteiger charge is 2.18. The second-order valence-electron chi connectivity index (χ2n) is 7.02. The van der Waals surface area contributed by atoms with Crippen LogP contribution in [0.15, 0.2) is 65.4 Å². The molecule has 2 aromatic heterocycles. The van der Waals surface area contributed by atoms with E-state index in [0.717, 1.165) is 48.7 Å². The number of anilines is 1. The van der Waals surface area contributed by atoms with Gasteiger partial charge in [-0.15, -0.1) is 0 Å². The van der Waals surface area contributed by atoms with E-state index in [0.29, 0.717) is 12.3 Å². The summed E-state index contributed by atoms with van der Waals surface area (Å²) in [5.74, 6) is 1.07. The van der Waals surface area contributed by atoms with Crippen LogP contribution in [0.5, 0.6) is 0 Å². The highest BCUT2D eigenvalue weighted by molar-refractivity contribution is 5.98. The van der Waals surface area contributed by atoms with Crippen molar-refractivity contribution in [3.05, 3.63) is 72.3 Å². The van der Waals surface area contributed by atoms with E-state index in [9.17, 15) is 4.79 Å². The predicted octanol–water partition coefficient (Wildman–Crippen LogP) is 3.02. The zero-order valence-corrected chi connectivity index (χ0v) is 16.0. The van der Waals surface area contributed by atoms with Gasteiger partial charge in [0, 0.05) is 44.5 Å². The fourth-order valence-corrected chi connectivity index (χ4v) is 3.37. The number of hydrogen-bond donors (Lipinski definition) is 1. The molecule has 1 aliphatic heterocycles. The monoisotopic (exact) mass is 376 g/mol. The Morgan fingerprint density at radius 2 is 1.89 bits per heavy atom. The van der Waals surface area contributed by atoms with Crippen LogP contribution in [0.1, 0.15) is 16.1 Å². The molecule has 28 heavy (non-hydrogen) atoms. The number of benzene rings is 1. The first kappa shape index (κ1) is 18.3. The van der Waals surface area contributed by atoms with Gasteiger partial charge in [-0.3, -0.25) is 4.79 Å². The molecular formula is C22H24N4O2. The van der Waals surface area contributed by atoms with Crippen LogP contribution >= 0.6 is 0 Å². The van der Waals surface area contributed by atoms with Crippen LogP contribution in [-0.2, 0) is 6.54 Å². The summed E-state index contributed by atoms with van der Waals surface area (Å²) in [6, 6.07) is 15.6. The predicted molar refractivity (Wildman–Crippen MR) is 109 cm³/mol. The van der Waals surface area contributed by atoms with Crippen molar-refractivity contribution in [1.29, 1.82) is 0 Å². The number of hydrogen-bond acceptors (Lipinski definition) is 5. The van der Waals surface area contributed by atoms with Crippen molar-refractivity contribution in [2.45, 2.75) is 6.54 Å². The third-order valence-electron chi connectivity index (χ3n) is 5.05. The Labute approximate surface area is 164 Å². The summed E-state index contributed by atoms with van der Waals surface area (Å²) in [5.41, 5.74) is 2.78. The number of aromatic nitrogens is 1. The summed E-state index contributed by atoms with van der Waals surface area (Å²) >= 11 is 0. The highest BCUT2D eigenvalue weighted by Crippen LogP contribution is 2.24. The maximum Gasteiger partial charge on any atom is 0.287 e. The van der Waals surface area contributed by atoms with Crippen LogP contribution in [0.2, 0.25) is 0 Å². The molecule has 1 N–H and O–H groups in total. The molecule has 1 amide bonds. The van der Waals surface area contributed by atoms with Crippen molar-refractivity contribution in [3.63, 3.8) is 0 Å². The lowest BCUT2D eigenvalue weighted by molar-refractivity contribution is 0.0924. The van der Waals surface area contributed by atoms with E-state index in [1.165, 1.54) is 0 Å². The topological polar surface area (TPSA) is 61.6 Å². The van der Waals surface area contributed by atoms with Gasteiger partial charge in [0.05, 0.1) is 6.26 Å². The van der Waals surface area contributed by atoms with Crippen molar-refractivity contribution in [2.24, 2.45) is 0 Å². The van der Waals surface area contributed by atoms with Gasteiger partial charge in [-0.25, -0.2) is 4.98 Å². The molecule has 6 nitrogen and oxygen atoms in total. The summed E-state index contributed by atoms with van der Waals surface area (Å²) in [5, 5.41) is 2.96. The van der Waals surface area contributed by atoms with Crippen molar-refractivity contribution in [2.75, 3.05) is 38.1 Å². The lowest BCUT2D eigenvalue weighted by Gasteiger charge is -2.33. The molecule has 0 saturated carbocycles. The van der Waals surface area contributed by atoms with Crippen LogP contribution in [0, 0.1) is 0 Å². The molecule has 0 bridgehead atoms. The van der Waals surface area contributed by atoms with Gasteiger partial charge < -0.3 is 19.5 Å². The molecular weight excluding hydrogens is 352 g/mol. The number of likely N-dealkylation sites (N-methyl/N-ethyl adjacent to an activating group) is 1. The third-order valence-corrected chi connectivity index (χ3v) is 5.05. The standard InChI is InChI=1S/C22H24N4O2/c1-25-10-12-26(13-11-25)20-15-17(7-9-23-20)16-24-22(27)21-19(8-14-28-21)18-5-3-2-4-6-18/h2-9,14-15H,10-13,16H2,1H3,(H,24,27). The molecule has 3 aromatic rings. The van der Waals surface area contributed by atoms with Crippen molar-refractivity contribution in [1.82, 2.24) is 15.2 Å². The number of rotatable bonds is 5. The molecule has 144 valence electrons. The van der Waals surface area contributed by atoms with Gasteiger partial charge in [-0.1, -0.05) is 30.3 Å². The molecule has 1 aromatic carbocycles. The Bertz CT molecular complexity index is 930. The van der Waals surface area contributed by atoms with Crippen LogP contribution in [0.25, 0.3) is 11.1 Å². The molecule has 1 fully saturated rings. The molecule has 0 atom stereocenters. The largest absolute Gasteiger partial charge is 0.459 e. The minimum absolute atomic E-state index is 0.221. The van der Waals surface area contributed by atoms with Crippen LogP contribution in [0.3, 0.4) is 0 Å². The second-order valence-corrected chi connectivity index (χ2v) is 7.02. The Kier molecular flexibility index (Phi) is 5.39. The van der Waals surface area contributed by atoms with Gasteiger partial charge >= 0.3 is 0 Å². The van der Waals surface area contributed by atoms with Gasteiger partial charge in [-0.05, 0) is 36.4 Å². The summed E-state index contributed by atoms with van der Waals surface area (Å²) < 4.78 is 5.46. The molecule has 0 unspecified atom stereocenters. The van der Waals surface area contributed by atoms with Crippen LogP contribution < -0.4 is 10.2 Å². The molecule has 0 aliphatic carbocycles. The molecule has 6 heteroatoms. The number of furan rings is 1. The Balaban J connectivity index is 1.42. The molecule has 3 heterocycles. The SMILES string of the molecule is CN1CCN(c2cc(CNC(=O)c3occc3-c3ccccc3)ccn2)CC1.